The lowest BCUT2D eigenvalue weighted by atomic mass is 10.2. The number of ether oxygens (including phenoxy) is 2. The monoisotopic (exact) mass is 476 g/mol. The third-order valence-electron chi connectivity index (χ3n) is 3.93. The van der Waals surface area contributed by atoms with Gasteiger partial charge in [-0.05, 0) is 51.8 Å². The molecule has 0 aliphatic carbocycles. The number of rotatable bonds is 12. The van der Waals surface area contributed by atoms with Crippen LogP contribution in [-0.4, -0.2) is 46.8 Å². The SMILES string of the molecule is CCOC(=O)/C(=C(/C(=O)OCC)S(=O)(=O)c1ccc(CC)cc1)P(=O)(OCC)OCC. The van der Waals surface area contributed by atoms with Crippen molar-refractivity contribution in [2.75, 3.05) is 26.4 Å². The fourth-order valence-electron chi connectivity index (χ4n) is 2.59. The van der Waals surface area contributed by atoms with Crippen molar-refractivity contribution in [3.63, 3.8) is 0 Å². The molecule has 174 valence electrons. The molecule has 1 aromatic rings. The maximum Gasteiger partial charge on any atom is 0.370 e. The normalized spacial score (nSPS) is 12.8. The number of carbonyl (C=O) groups excluding carboxylic acids is 2. The second kappa shape index (κ2) is 12.1. The molecule has 0 fully saturated rings. The second-order valence-electron chi connectivity index (χ2n) is 5.95. The molecule has 31 heavy (non-hydrogen) atoms. The van der Waals surface area contributed by atoms with E-state index in [9.17, 15) is 22.6 Å². The summed E-state index contributed by atoms with van der Waals surface area (Å²) in [7, 11) is -9.21. The highest BCUT2D eigenvalue weighted by molar-refractivity contribution is 7.96. The summed E-state index contributed by atoms with van der Waals surface area (Å²) >= 11 is 0. The van der Waals surface area contributed by atoms with Crippen LogP contribution >= 0.6 is 7.60 Å². The third kappa shape index (κ3) is 6.49. The first-order chi connectivity index (χ1) is 14.6. The fourth-order valence-corrected chi connectivity index (χ4v) is 6.27. The first-order valence-electron chi connectivity index (χ1n) is 9.94. The lowest BCUT2D eigenvalue weighted by Crippen LogP contribution is -2.24. The van der Waals surface area contributed by atoms with Crippen LogP contribution in [0.3, 0.4) is 0 Å². The molecule has 0 bridgehead atoms. The fraction of sp³-hybridized carbons (Fsp3) is 0.500. The average Bonchev–Trinajstić information content (AvgIpc) is 2.72. The van der Waals surface area contributed by atoms with Gasteiger partial charge in [-0.25, -0.2) is 18.0 Å². The Hall–Kier alpha value is -2.00. The molecule has 0 spiro atoms. The van der Waals surface area contributed by atoms with Gasteiger partial charge >= 0.3 is 19.5 Å². The van der Waals surface area contributed by atoms with E-state index in [2.05, 4.69) is 0 Å². The van der Waals surface area contributed by atoms with Crippen LogP contribution in [0, 0.1) is 0 Å². The van der Waals surface area contributed by atoms with Crippen LogP contribution in [0.2, 0.25) is 0 Å². The molecule has 0 aromatic heterocycles. The van der Waals surface area contributed by atoms with E-state index in [0.29, 0.717) is 6.42 Å². The summed E-state index contributed by atoms with van der Waals surface area (Å²) in [6.45, 7) is 7.09. The van der Waals surface area contributed by atoms with Gasteiger partial charge in [0.1, 0.15) is 0 Å². The predicted octanol–water partition coefficient (Wildman–Crippen LogP) is 3.63. The van der Waals surface area contributed by atoms with E-state index in [4.69, 9.17) is 18.5 Å². The van der Waals surface area contributed by atoms with Crippen molar-refractivity contribution in [3.05, 3.63) is 40.0 Å². The molecule has 0 amide bonds. The molecule has 9 nitrogen and oxygen atoms in total. The highest BCUT2D eigenvalue weighted by atomic mass is 32.2. The zero-order valence-electron chi connectivity index (χ0n) is 18.4. The van der Waals surface area contributed by atoms with Gasteiger partial charge in [0.05, 0.1) is 31.3 Å². The van der Waals surface area contributed by atoms with Crippen molar-refractivity contribution in [2.24, 2.45) is 0 Å². The third-order valence-corrected chi connectivity index (χ3v) is 8.03. The molecule has 1 rings (SSSR count). The van der Waals surface area contributed by atoms with Crippen molar-refractivity contribution in [3.8, 4) is 0 Å². The molecular weight excluding hydrogens is 447 g/mol. The molecule has 0 N–H and O–H groups in total. The smallest absolute Gasteiger partial charge is 0.370 e. The molecular formula is C20H29O9PS. The van der Waals surface area contributed by atoms with Gasteiger partial charge in [-0.1, -0.05) is 19.1 Å². The molecule has 1 aromatic carbocycles. The number of carbonyl (C=O) groups is 2. The minimum atomic E-state index is -4.66. The summed E-state index contributed by atoms with van der Waals surface area (Å²) < 4.78 is 60.6. The summed E-state index contributed by atoms with van der Waals surface area (Å²) in [5.41, 5.74) is 0.862. The molecule has 0 saturated carbocycles. The lowest BCUT2D eigenvalue weighted by Gasteiger charge is -2.21. The van der Waals surface area contributed by atoms with Gasteiger partial charge in [0.15, 0.2) is 10.2 Å². The molecule has 11 heteroatoms. The van der Waals surface area contributed by atoms with E-state index in [-0.39, 0.29) is 31.3 Å². The predicted molar refractivity (Wildman–Crippen MR) is 114 cm³/mol. The largest absolute Gasteiger partial charge is 0.462 e. The Kier molecular flexibility index (Phi) is 10.6. The van der Waals surface area contributed by atoms with Gasteiger partial charge in [0.25, 0.3) is 0 Å². The van der Waals surface area contributed by atoms with Crippen molar-refractivity contribution in [1.29, 1.82) is 0 Å². The van der Waals surface area contributed by atoms with Crippen molar-refractivity contribution >= 4 is 29.4 Å². The maximum absolute atomic E-state index is 13.5. The average molecular weight is 476 g/mol. The Morgan fingerprint density at radius 3 is 1.71 bits per heavy atom. The van der Waals surface area contributed by atoms with Crippen LogP contribution in [0.5, 0.6) is 0 Å². The van der Waals surface area contributed by atoms with E-state index in [0.717, 1.165) is 5.56 Å². The summed E-state index contributed by atoms with van der Waals surface area (Å²) in [6, 6.07) is 5.74. The van der Waals surface area contributed by atoms with Gasteiger partial charge in [-0.15, -0.1) is 0 Å². The van der Waals surface area contributed by atoms with Crippen LogP contribution in [0.15, 0.2) is 39.4 Å². The zero-order valence-corrected chi connectivity index (χ0v) is 20.1. The molecule has 0 atom stereocenters. The van der Waals surface area contributed by atoms with Gasteiger partial charge < -0.3 is 18.5 Å². The summed E-state index contributed by atoms with van der Waals surface area (Å²) in [4.78, 5) is 24.2. The minimum Gasteiger partial charge on any atom is -0.462 e. The first-order valence-corrected chi connectivity index (χ1v) is 13.0. The van der Waals surface area contributed by atoms with Crippen LogP contribution in [0.1, 0.15) is 40.2 Å². The highest BCUT2D eigenvalue weighted by Crippen LogP contribution is 2.58. The molecule has 0 aliphatic heterocycles. The molecule has 0 unspecified atom stereocenters. The molecule has 0 heterocycles. The molecule has 0 radical (unpaired) electrons. The topological polar surface area (TPSA) is 122 Å². The van der Waals surface area contributed by atoms with E-state index in [1.807, 2.05) is 6.92 Å². The lowest BCUT2D eigenvalue weighted by molar-refractivity contribution is -0.140. The molecule has 0 aliphatic rings. The number of esters is 2. The van der Waals surface area contributed by atoms with Gasteiger partial charge in [-0.3, -0.25) is 4.57 Å². The Bertz CT molecular complexity index is 939. The minimum absolute atomic E-state index is 0.165. The van der Waals surface area contributed by atoms with E-state index in [1.54, 1.807) is 12.1 Å². The Balaban J connectivity index is 4.00. The number of aryl methyl sites for hydroxylation is 1. The van der Waals surface area contributed by atoms with E-state index >= 15 is 0 Å². The zero-order chi connectivity index (χ0) is 23.7. The first kappa shape index (κ1) is 27.0. The summed E-state index contributed by atoms with van der Waals surface area (Å²) in [5.74, 6) is -2.66. The van der Waals surface area contributed by atoms with E-state index in [1.165, 1.54) is 39.8 Å². The second-order valence-corrected chi connectivity index (χ2v) is 9.80. The molecule has 0 saturated heterocycles. The Morgan fingerprint density at radius 1 is 0.806 bits per heavy atom. The Labute approximate surface area is 183 Å². The summed E-state index contributed by atoms with van der Waals surface area (Å²) in [5, 5.41) is -1.00. The van der Waals surface area contributed by atoms with Crippen LogP contribution in [0.25, 0.3) is 0 Å². The number of hydrogen-bond donors (Lipinski definition) is 0. The number of sulfone groups is 1. The van der Waals surface area contributed by atoms with Crippen molar-refractivity contribution < 1.29 is 41.1 Å². The van der Waals surface area contributed by atoms with Crippen LogP contribution < -0.4 is 0 Å². The standard InChI is InChI=1S/C20H29O9PS/c1-6-15-11-13-16(14-12-15)31(24,25)18(20(22)27-8-3)17(19(21)26-7-2)30(23,28-9-4)29-10-5/h11-14H,6-10H2,1-5H3/b18-17+. The number of hydrogen-bond acceptors (Lipinski definition) is 9. The highest BCUT2D eigenvalue weighted by Gasteiger charge is 2.46. The van der Waals surface area contributed by atoms with E-state index < -0.39 is 39.6 Å². The number of benzene rings is 1. The van der Waals surface area contributed by atoms with Gasteiger partial charge in [0, 0.05) is 0 Å². The quantitative estimate of drug-likeness (QED) is 0.253. The van der Waals surface area contributed by atoms with Crippen LogP contribution in [0.4, 0.5) is 0 Å². The van der Waals surface area contributed by atoms with Crippen molar-refractivity contribution in [2.45, 2.75) is 45.9 Å². The Morgan fingerprint density at radius 2 is 1.29 bits per heavy atom. The van der Waals surface area contributed by atoms with Crippen molar-refractivity contribution in [1.82, 2.24) is 0 Å². The summed E-state index contributed by atoms with van der Waals surface area (Å²) in [6.07, 6.45) is 0.666. The maximum atomic E-state index is 13.5. The van der Waals surface area contributed by atoms with Gasteiger partial charge in [-0.2, -0.15) is 0 Å². The van der Waals surface area contributed by atoms with Gasteiger partial charge in [0.2, 0.25) is 9.84 Å². The van der Waals surface area contributed by atoms with Crippen LogP contribution in [-0.2, 0) is 48.9 Å².